The zero-order valence-corrected chi connectivity index (χ0v) is 19.9. The first kappa shape index (κ1) is 31.0. The van der Waals surface area contributed by atoms with Crippen molar-refractivity contribution in [2.75, 3.05) is 0 Å². The second kappa shape index (κ2) is 12.5. The lowest BCUT2D eigenvalue weighted by Gasteiger charge is -2.34. The van der Waals surface area contributed by atoms with Crippen molar-refractivity contribution in [3.8, 4) is 11.3 Å². The van der Waals surface area contributed by atoms with E-state index >= 15 is 0 Å². The predicted octanol–water partition coefficient (Wildman–Crippen LogP) is 2.24. The molecule has 0 radical (unpaired) electrons. The lowest BCUT2D eigenvalue weighted by molar-refractivity contribution is -0.0123. The largest absolute Gasteiger partial charge is 0.412 e. The van der Waals surface area contributed by atoms with Gasteiger partial charge in [0, 0.05) is 48.2 Å². The van der Waals surface area contributed by atoms with Gasteiger partial charge >= 0.3 is 0 Å². The summed E-state index contributed by atoms with van der Waals surface area (Å²) < 4.78 is 31.2. The number of benzene rings is 1. The van der Waals surface area contributed by atoms with Gasteiger partial charge in [0.1, 0.15) is 29.9 Å². The quantitative estimate of drug-likeness (QED) is 0.415. The average molecular weight is 519 g/mol. The molecule has 9 nitrogen and oxygen atoms in total. The Labute approximate surface area is 206 Å². The van der Waals surface area contributed by atoms with Gasteiger partial charge in [0.15, 0.2) is 0 Å². The fourth-order valence-corrected chi connectivity index (χ4v) is 3.48. The van der Waals surface area contributed by atoms with Crippen molar-refractivity contribution in [2.24, 2.45) is 7.05 Å². The molecular formula is C21H26Cl2F2N6O3. The summed E-state index contributed by atoms with van der Waals surface area (Å²) in [4.78, 5) is 8.36. The molecule has 34 heavy (non-hydrogen) atoms. The van der Waals surface area contributed by atoms with Gasteiger partial charge in [-0.15, -0.1) is 24.8 Å². The van der Waals surface area contributed by atoms with E-state index in [1.54, 1.807) is 23.9 Å². The summed E-state index contributed by atoms with van der Waals surface area (Å²) in [5.74, 6) is -2.20. The minimum atomic E-state index is -1.75. The molecule has 1 aromatic carbocycles. The van der Waals surface area contributed by atoms with E-state index in [1.807, 2.05) is 25.4 Å². The third-order valence-corrected chi connectivity index (χ3v) is 5.22. The number of rotatable bonds is 6. The Morgan fingerprint density at radius 2 is 1.82 bits per heavy atom. The molecule has 13 heteroatoms. The molecule has 0 unspecified atom stereocenters. The molecule has 186 valence electrons. The molecule has 4 rings (SSSR count). The molecular weight excluding hydrogens is 493 g/mol. The number of hydrogen-bond acceptors (Lipinski definition) is 5. The molecule has 0 saturated carbocycles. The molecule has 0 saturated heterocycles. The molecule has 3 heterocycles. The van der Waals surface area contributed by atoms with Crippen LogP contribution in [-0.4, -0.2) is 45.6 Å². The van der Waals surface area contributed by atoms with Crippen molar-refractivity contribution in [1.29, 1.82) is 0 Å². The maximum atomic E-state index is 14.7. The predicted molar refractivity (Wildman–Crippen MR) is 127 cm³/mol. The van der Waals surface area contributed by atoms with Gasteiger partial charge in [-0.2, -0.15) is 10.2 Å². The van der Waals surface area contributed by atoms with Crippen LogP contribution in [0.25, 0.3) is 11.3 Å². The SMILES string of the molecule is C[C@@H](c1ccc(-c2ccn(C)n2)cn1)[C@](O)(Cn1cncn1)c1ccc(F)cc1F.Cl.Cl.O.O. The van der Waals surface area contributed by atoms with Gasteiger partial charge in [-0.25, -0.2) is 18.4 Å². The van der Waals surface area contributed by atoms with Gasteiger partial charge in [0.2, 0.25) is 0 Å². The van der Waals surface area contributed by atoms with Gasteiger partial charge < -0.3 is 16.1 Å². The number of pyridine rings is 1. The molecule has 2 atom stereocenters. The fraction of sp³-hybridized carbons (Fsp3) is 0.238. The monoisotopic (exact) mass is 518 g/mol. The summed E-state index contributed by atoms with van der Waals surface area (Å²) in [6.45, 7) is 1.66. The van der Waals surface area contributed by atoms with Crippen LogP contribution in [0.3, 0.4) is 0 Å². The van der Waals surface area contributed by atoms with Gasteiger partial charge in [-0.05, 0) is 24.3 Å². The molecule has 0 amide bonds. The summed E-state index contributed by atoms with van der Waals surface area (Å²) in [7, 11) is 1.83. The molecule has 4 aromatic rings. The number of aliphatic hydroxyl groups is 1. The van der Waals surface area contributed by atoms with Crippen LogP contribution in [0.1, 0.15) is 24.1 Å². The Bertz CT molecular complexity index is 1160. The van der Waals surface area contributed by atoms with E-state index in [0.29, 0.717) is 5.69 Å². The van der Waals surface area contributed by atoms with Crippen LogP contribution in [0.5, 0.6) is 0 Å². The minimum Gasteiger partial charge on any atom is -0.412 e. The second-order valence-corrected chi connectivity index (χ2v) is 7.21. The molecule has 0 spiro atoms. The second-order valence-electron chi connectivity index (χ2n) is 7.21. The molecule has 0 aliphatic heterocycles. The molecule has 3 aromatic heterocycles. The van der Waals surface area contributed by atoms with Crippen molar-refractivity contribution in [3.05, 3.63) is 84.3 Å². The summed E-state index contributed by atoms with van der Waals surface area (Å²) in [6, 6.07) is 8.61. The normalized spacial score (nSPS) is 12.7. The standard InChI is InChI=1S/C21H20F2N6O.2ClH.2H2O/c1-14(19-6-3-15(10-25-19)20-7-8-28(2)27-20)21(30,11-29-13-24-12-26-29)17-5-4-16(22)9-18(17)23;;;;/h3-10,12-14,30H,11H2,1-2H3;2*1H;2*1H2/t14-,21+;;;;/m0..../s1. The van der Waals surface area contributed by atoms with Crippen LogP contribution in [0, 0.1) is 11.6 Å². The number of aromatic nitrogens is 6. The van der Waals surface area contributed by atoms with Crippen molar-refractivity contribution in [3.63, 3.8) is 0 Å². The van der Waals surface area contributed by atoms with E-state index in [1.165, 1.54) is 23.4 Å². The zero-order valence-electron chi connectivity index (χ0n) is 18.3. The Morgan fingerprint density at radius 3 is 2.35 bits per heavy atom. The number of nitrogens with zero attached hydrogens (tertiary/aromatic N) is 6. The first-order valence-corrected chi connectivity index (χ1v) is 9.33. The van der Waals surface area contributed by atoms with Gasteiger partial charge in [-0.3, -0.25) is 9.67 Å². The lowest BCUT2D eigenvalue weighted by atomic mass is 9.79. The number of halogens is 4. The number of aryl methyl sites for hydroxylation is 1. The Hall–Kier alpha value is -2.96. The molecule has 0 fully saturated rings. The van der Waals surface area contributed by atoms with E-state index < -0.39 is 23.2 Å². The maximum absolute atomic E-state index is 14.7. The van der Waals surface area contributed by atoms with Gasteiger partial charge in [0.05, 0.1) is 12.2 Å². The van der Waals surface area contributed by atoms with Crippen molar-refractivity contribution in [2.45, 2.75) is 25.0 Å². The topological polar surface area (TPSA) is 145 Å². The lowest BCUT2D eigenvalue weighted by Crippen LogP contribution is -2.38. The maximum Gasteiger partial charge on any atom is 0.137 e. The Morgan fingerprint density at radius 1 is 1.09 bits per heavy atom. The molecule has 5 N–H and O–H groups in total. The van der Waals surface area contributed by atoms with E-state index in [4.69, 9.17) is 0 Å². The minimum absolute atomic E-state index is 0. The van der Waals surface area contributed by atoms with E-state index in [2.05, 4.69) is 20.2 Å². The summed E-state index contributed by atoms with van der Waals surface area (Å²) >= 11 is 0. The highest BCUT2D eigenvalue weighted by molar-refractivity contribution is 5.85. The first-order valence-electron chi connectivity index (χ1n) is 9.33. The number of hydrogen-bond donors (Lipinski definition) is 1. The average Bonchev–Trinajstić information content (AvgIpc) is 3.39. The van der Waals surface area contributed by atoms with Crippen LogP contribution < -0.4 is 0 Å². The van der Waals surface area contributed by atoms with Crippen LogP contribution >= 0.6 is 24.8 Å². The van der Waals surface area contributed by atoms with Crippen LogP contribution in [0.15, 0.2) is 61.4 Å². The van der Waals surface area contributed by atoms with Crippen LogP contribution in [-0.2, 0) is 19.2 Å². The summed E-state index contributed by atoms with van der Waals surface area (Å²) in [5.41, 5.74) is 0.347. The van der Waals surface area contributed by atoms with Crippen molar-refractivity contribution in [1.82, 2.24) is 29.5 Å². The van der Waals surface area contributed by atoms with Crippen molar-refractivity contribution >= 4 is 24.8 Å². The van der Waals surface area contributed by atoms with Gasteiger partial charge in [0.25, 0.3) is 0 Å². The third-order valence-electron chi connectivity index (χ3n) is 5.22. The Kier molecular flexibility index (Phi) is 11.4. The smallest absolute Gasteiger partial charge is 0.137 e. The molecule has 0 bridgehead atoms. The summed E-state index contributed by atoms with van der Waals surface area (Å²) in [6.07, 6.45) is 6.24. The summed E-state index contributed by atoms with van der Waals surface area (Å²) in [5, 5.41) is 20.0. The highest BCUT2D eigenvalue weighted by Gasteiger charge is 2.40. The highest BCUT2D eigenvalue weighted by Crippen LogP contribution is 2.39. The molecule has 0 aliphatic rings. The third kappa shape index (κ3) is 6.13. The highest BCUT2D eigenvalue weighted by atomic mass is 35.5. The van der Waals surface area contributed by atoms with E-state index in [-0.39, 0.29) is 47.9 Å². The van der Waals surface area contributed by atoms with Crippen LogP contribution in [0.4, 0.5) is 8.78 Å². The molecule has 0 aliphatic carbocycles. The van der Waals surface area contributed by atoms with Crippen LogP contribution in [0.2, 0.25) is 0 Å². The van der Waals surface area contributed by atoms with E-state index in [9.17, 15) is 13.9 Å². The zero-order chi connectivity index (χ0) is 21.3. The Balaban J connectivity index is 0.00000272. The first-order chi connectivity index (χ1) is 14.4. The van der Waals surface area contributed by atoms with E-state index in [0.717, 1.165) is 23.4 Å². The van der Waals surface area contributed by atoms with Gasteiger partial charge in [-0.1, -0.05) is 13.0 Å². The van der Waals surface area contributed by atoms with Crippen molar-refractivity contribution < 1.29 is 24.8 Å². The fourth-order valence-electron chi connectivity index (χ4n) is 3.48.